The van der Waals surface area contributed by atoms with Crippen LogP contribution in [0.3, 0.4) is 0 Å². The van der Waals surface area contributed by atoms with Gasteiger partial charge in [-0.2, -0.15) is 0 Å². The number of carbonyl (C=O) groups excluding carboxylic acids is 2. The minimum absolute atomic E-state index is 0.115. The summed E-state index contributed by atoms with van der Waals surface area (Å²) in [6, 6.07) is 12.9. The zero-order valence-corrected chi connectivity index (χ0v) is 18.3. The molecule has 0 bridgehead atoms. The Morgan fingerprint density at radius 2 is 1.86 bits per heavy atom. The molecule has 0 aliphatic heterocycles. The lowest BCUT2D eigenvalue weighted by atomic mass is 10.1. The van der Waals surface area contributed by atoms with Crippen LogP contribution in [0.15, 0.2) is 42.5 Å². The number of carbonyl (C=O) groups is 2. The summed E-state index contributed by atoms with van der Waals surface area (Å²) in [7, 11) is 0. The van der Waals surface area contributed by atoms with E-state index >= 15 is 0 Å². The Hall–Kier alpha value is -2.57. The molecule has 1 heterocycles. The molecule has 0 fully saturated rings. The predicted molar refractivity (Wildman–Crippen MR) is 119 cm³/mol. The van der Waals surface area contributed by atoms with E-state index in [1.54, 1.807) is 18.2 Å². The van der Waals surface area contributed by atoms with E-state index in [0.29, 0.717) is 21.3 Å². The topological polar surface area (TPSA) is 67.4 Å². The fourth-order valence-corrected chi connectivity index (χ4v) is 4.24. The van der Waals surface area contributed by atoms with Crippen molar-refractivity contribution >= 4 is 50.5 Å². The van der Waals surface area contributed by atoms with Crippen molar-refractivity contribution in [2.75, 3.05) is 11.9 Å². The summed E-state index contributed by atoms with van der Waals surface area (Å²) >= 11 is 7.72. The molecule has 7 heteroatoms. The zero-order valence-electron chi connectivity index (χ0n) is 16.8. The number of ether oxygens (including phenoxy) is 1. The summed E-state index contributed by atoms with van der Waals surface area (Å²) in [4.78, 5) is 25.4. The van der Waals surface area contributed by atoms with Crippen molar-refractivity contribution < 1.29 is 14.3 Å². The van der Waals surface area contributed by atoms with Gasteiger partial charge in [-0.3, -0.25) is 9.59 Å². The molecule has 2 N–H and O–H groups in total. The highest BCUT2D eigenvalue weighted by Crippen LogP contribution is 2.39. The van der Waals surface area contributed by atoms with Crippen molar-refractivity contribution in [3.05, 3.63) is 57.9 Å². The fraction of sp³-hybridized carbons (Fsp3) is 0.273. The lowest BCUT2D eigenvalue weighted by molar-refractivity contribution is -0.118. The van der Waals surface area contributed by atoms with Gasteiger partial charge in [0.2, 0.25) is 0 Å². The number of amides is 2. The molecule has 0 aliphatic carbocycles. The normalized spacial score (nSPS) is 11.3. The van der Waals surface area contributed by atoms with Gasteiger partial charge in [-0.25, -0.2) is 0 Å². The van der Waals surface area contributed by atoms with Gasteiger partial charge in [0.15, 0.2) is 6.61 Å². The molecule has 0 atom stereocenters. The van der Waals surface area contributed by atoms with E-state index in [1.165, 1.54) is 11.3 Å². The number of hydrogen-bond acceptors (Lipinski definition) is 4. The third-order valence-corrected chi connectivity index (χ3v) is 5.73. The molecule has 0 spiro atoms. The van der Waals surface area contributed by atoms with Crippen LogP contribution in [-0.2, 0) is 4.79 Å². The Balaban J connectivity index is 1.78. The van der Waals surface area contributed by atoms with Gasteiger partial charge in [-0.15, -0.1) is 11.3 Å². The van der Waals surface area contributed by atoms with E-state index in [4.69, 9.17) is 16.3 Å². The van der Waals surface area contributed by atoms with Crippen molar-refractivity contribution in [3.63, 3.8) is 0 Å². The highest BCUT2D eigenvalue weighted by Gasteiger charge is 2.22. The van der Waals surface area contributed by atoms with Gasteiger partial charge < -0.3 is 15.4 Å². The molecule has 5 nitrogen and oxygen atoms in total. The molecule has 29 heavy (non-hydrogen) atoms. The minimum Gasteiger partial charge on any atom is -0.484 e. The number of rotatable bonds is 5. The molecule has 1 aromatic heterocycles. The maximum atomic E-state index is 12.6. The molecule has 3 rings (SSSR count). The third kappa shape index (κ3) is 5.28. The smallest absolute Gasteiger partial charge is 0.263 e. The Kier molecular flexibility index (Phi) is 6.15. The molecule has 2 aromatic carbocycles. The van der Waals surface area contributed by atoms with E-state index < -0.39 is 0 Å². The first kappa shape index (κ1) is 21.1. The molecular weight excluding hydrogens is 408 g/mol. The number of aryl methyl sites for hydroxylation is 1. The van der Waals surface area contributed by atoms with Crippen LogP contribution in [-0.4, -0.2) is 24.0 Å². The van der Waals surface area contributed by atoms with Gasteiger partial charge in [0.1, 0.15) is 10.6 Å². The van der Waals surface area contributed by atoms with Gasteiger partial charge in [0, 0.05) is 10.9 Å². The van der Waals surface area contributed by atoms with E-state index in [0.717, 1.165) is 15.6 Å². The van der Waals surface area contributed by atoms with Gasteiger partial charge in [0.05, 0.1) is 15.4 Å². The summed E-state index contributed by atoms with van der Waals surface area (Å²) < 4.78 is 6.31. The van der Waals surface area contributed by atoms with E-state index in [1.807, 2.05) is 52.0 Å². The maximum Gasteiger partial charge on any atom is 0.263 e. The lowest BCUT2D eigenvalue weighted by Gasteiger charge is -2.19. The average molecular weight is 431 g/mol. The average Bonchev–Trinajstić information content (AvgIpc) is 2.97. The van der Waals surface area contributed by atoms with Crippen LogP contribution in [0.2, 0.25) is 5.02 Å². The monoisotopic (exact) mass is 430 g/mol. The van der Waals surface area contributed by atoms with Crippen LogP contribution in [0.4, 0.5) is 5.69 Å². The quantitative estimate of drug-likeness (QED) is 0.568. The van der Waals surface area contributed by atoms with E-state index in [-0.39, 0.29) is 24.0 Å². The molecule has 2 amide bonds. The van der Waals surface area contributed by atoms with Crippen LogP contribution in [0.5, 0.6) is 5.75 Å². The van der Waals surface area contributed by atoms with Crippen molar-refractivity contribution in [2.24, 2.45) is 0 Å². The first-order chi connectivity index (χ1) is 13.6. The van der Waals surface area contributed by atoms with Gasteiger partial charge in [0.25, 0.3) is 11.8 Å². The second-order valence-electron chi connectivity index (χ2n) is 7.78. The molecule has 0 saturated carbocycles. The first-order valence-electron chi connectivity index (χ1n) is 9.17. The molecule has 0 unspecified atom stereocenters. The van der Waals surface area contributed by atoms with Gasteiger partial charge >= 0.3 is 0 Å². The van der Waals surface area contributed by atoms with Crippen LogP contribution in [0, 0.1) is 6.92 Å². The lowest BCUT2D eigenvalue weighted by Crippen LogP contribution is -2.40. The Labute approximate surface area is 179 Å². The minimum atomic E-state index is -0.374. The number of thiophene rings is 1. The van der Waals surface area contributed by atoms with E-state index in [9.17, 15) is 9.59 Å². The Morgan fingerprint density at radius 3 is 2.55 bits per heavy atom. The number of benzene rings is 2. The van der Waals surface area contributed by atoms with Crippen LogP contribution < -0.4 is 15.4 Å². The fourth-order valence-electron chi connectivity index (χ4n) is 2.77. The van der Waals surface area contributed by atoms with Crippen LogP contribution >= 0.6 is 22.9 Å². The molecule has 0 aliphatic rings. The first-order valence-corrected chi connectivity index (χ1v) is 10.4. The van der Waals surface area contributed by atoms with Gasteiger partial charge in [-0.1, -0.05) is 35.9 Å². The largest absolute Gasteiger partial charge is 0.484 e. The summed E-state index contributed by atoms with van der Waals surface area (Å²) in [6.45, 7) is 7.57. The standard InChI is InChI=1S/C22H23ClN2O3S/c1-13-7-5-8-14(11-13)28-12-17(26)24-16-10-6-9-15-18(23)20(29-19(15)16)21(27)25-22(2,3)4/h5-11H,12H2,1-4H3,(H,24,26)(H,25,27). The maximum absolute atomic E-state index is 12.6. The third-order valence-electron chi connectivity index (χ3n) is 3.98. The van der Waals surface area contributed by atoms with Crippen molar-refractivity contribution in [1.82, 2.24) is 5.32 Å². The number of fused-ring (bicyclic) bond motifs is 1. The number of halogens is 1. The van der Waals surface area contributed by atoms with Crippen LogP contribution in [0.1, 0.15) is 36.0 Å². The summed E-state index contributed by atoms with van der Waals surface area (Å²) in [5.74, 6) is 0.117. The molecule has 152 valence electrons. The number of anilines is 1. The van der Waals surface area contributed by atoms with Gasteiger partial charge in [-0.05, 0) is 51.5 Å². The number of hydrogen-bond donors (Lipinski definition) is 2. The summed E-state index contributed by atoms with van der Waals surface area (Å²) in [5.41, 5.74) is 1.28. The van der Waals surface area contributed by atoms with Crippen molar-refractivity contribution in [1.29, 1.82) is 0 Å². The highest BCUT2D eigenvalue weighted by molar-refractivity contribution is 7.22. The van der Waals surface area contributed by atoms with Crippen molar-refractivity contribution in [3.8, 4) is 5.75 Å². The Bertz CT molecular complexity index is 1070. The molecule has 3 aromatic rings. The summed E-state index contributed by atoms with van der Waals surface area (Å²) in [6.07, 6.45) is 0. The van der Waals surface area contributed by atoms with Crippen LogP contribution in [0.25, 0.3) is 10.1 Å². The zero-order chi connectivity index (χ0) is 21.2. The second kappa shape index (κ2) is 8.43. The van der Waals surface area contributed by atoms with E-state index in [2.05, 4.69) is 10.6 Å². The summed E-state index contributed by atoms with van der Waals surface area (Å²) in [5, 5.41) is 6.89. The van der Waals surface area contributed by atoms with Crippen molar-refractivity contribution in [2.45, 2.75) is 33.2 Å². The molecule has 0 saturated heterocycles. The molecule has 0 radical (unpaired) electrons. The Morgan fingerprint density at radius 1 is 1.14 bits per heavy atom. The number of nitrogens with one attached hydrogen (secondary N) is 2. The highest BCUT2D eigenvalue weighted by atomic mass is 35.5. The SMILES string of the molecule is Cc1cccc(OCC(=O)Nc2cccc3c(Cl)c(C(=O)NC(C)(C)C)sc23)c1. The molecular formula is C22H23ClN2O3S. The second-order valence-corrected chi connectivity index (χ2v) is 9.18. The predicted octanol–water partition coefficient (Wildman–Crippen LogP) is 5.41.